The van der Waals surface area contributed by atoms with E-state index >= 15 is 0 Å². The summed E-state index contributed by atoms with van der Waals surface area (Å²) in [4.78, 5) is 24.4. The van der Waals surface area contributed by atoms with Crippen molar-refractivity contribution >= 4 is 11.9 Å². The van der Waals surface area contributed by atoms with Gasteiger partial charge in [0.05, 0.1) is 12.2 Å². The monoisotopic (exact) mass is 308 g/mol. The number of hydrogen-bond acceptors (Lipinski definition) is 6. The average molecular weight is 308 g/mol. The Balaban J connectivity index is 2.26. The van der Waals surface area contributed by atoms with Gasteiger partial charge in [-0.05, 0) is 39.8 Å². The van der Waals surface area contributed by atoms with Crippen molar-refractivity contribution in [3.63, 3.8) is 0 Å². The third kappa shape index (κ3) is 3.69. The lowest BCUT2D eigenvalue weighted by atomic mass is 10.1. The molecule has 22 heavy (non-hydrogen) atoms. The molecule has 1 heterocycles. The normalized spacial score (nSPS) is 19.9. The van der Waals surface area contributed by atoms with E-state index in [2.05, 4.69) is 0 Å². The third-order valence-electron chi connectivity index (χ3n) is 2.80. The number of carbonyl (C=O) groups excluding carboxylic acids is 2. The number of fused-ring (bicyclic) bond motifs is 1. The molecule has 0 spiro atoms. The van der Waals surface area contributed by atoms with E-state index in [1.807, 2.05) is 0 Å². The second kappa shape index (κ2) is 6.68. The summed E-state index contributed by atoms with van der Waals surface area (Å²) in [6, 6.07) is 6.82. The minimum Gasteiger partial charge on any atom is -0.470 e. The standard InChI is InChI=1S/C16H20O6/c1-9(2)19-15(17)13-14(16(18)20-10(3)4)22-12-8-6-5-7-11(12)21-13/h5-10,13-14H,1-4H3. The molecule has 1 aliphatic heterocycles. The van der Waals surface area contributed by atoms with Gasteiger partial charge in [-0.15, -0.1) is 0 Å². The van der Waals surface area contributed by atoms with Gasteiger partial charge >= 0.3 is 11.9 Å². The van der Waals surface area contributed by atoms with E-state index in [0.29, 0.717) is 11.5 Å². The van der Waals surface area contributed by atoms with Gasteiger partial charge in [0.1, 0.15) is 0 Å². The van der Waals surface area contributed by atoms with Crippen LogP contribution in [0.2, 0.25) is 0 Å². The van der Waals surface area contributed by atoms with E-state index in [9.17, 15) is 9.59 Å². The molecule has 0 N–H and O–H groups in total. The van der Waals surface area contributed by atoms with Gasteiger partial charge in [-0.3, -0.25) is 0 Å². The maximum Gasteiger partial charge on any atom is 0.352 e. The number of benzene rings is 1. The van der Waals surface area contributed by atoms with Gasteiger partial charge in [0.25, 0.3) is 0 Å². The van der Waals surface area contributed by atoms with Gasteiger partial charge < -0.3 is 18.9 Å². The molecule has 0 saturated heterocycles. The molecule has 2 rings (SSSR count). The summed E-state index contributed by atoms with van der Waals surface area (Å²) in [5, 5.41) is 0. The molecule has 6 heteroatoms. The topological polar surface area (TPSA) is 71.1 Å². The fraction of sp³-hybridized carbons (Fsp3) is 0.500. The largest absolute Gasteiger partial charge is 0.470 e. The summed E-state index contributed by atoms with van der Waals surface area (Å²) in [6.07, 6.45) is -3.03. The smallest absolute Gasteiger partial charge is 0.352 e. The van der Waals surface area contributed by atoms with Crippen molar-refractivity contribution in [2.45, 2.75) is 52.1 Å². The van der Waals surface area contributed by atoms with Crippen molar-refractivity contribution in [2.75, 3.05) is 0 Å². The lowest BCUT2D eigenvalue weighted by molar-refractivity contribution is -0.175. The van der Waals surface area contributed by atoms with E-state index in [1.54, 1.807) is 52.0 Å². The fourth-order valence-electron chi connectivity index (χ4n) is 1.98. The van der Waals surface area contributed by atoms with E-state index in [1.165, 1.54) is 0 Å². The third-order valence-corrected chi connectivity index (χ3v) is 2.80. The first-order chi connectivity index (χ1) is 10.4. The molecule has 0 aliphatic carbocycles. The average Bonchev–Trinajstić information content (AvgIpc) is 2.44. The van der Waals surface area contributed by atoms with Crippen LogP contribution < -0.4 is 9.47 Å². The van der Waals surface area contributed by atoms with Crippen LogP contribution in [0.4, 0.5) is 0 Å². The van der Waals surface area contributed by atoms with Gasteiger partial charge in [0, 0.05) is 0 Å². The van der Waals surface area contributed by atoms with Crippen molar-refractivity contribution in [3.05, 3.63) is 24.3 Å². The first-order valence-electron chi connectivity index (χ1n) is 7.21. The molecule has 6 nitrogen and oxygen atoms in total. The number of carbonyl (C=O) groups is 2. The Morgan fingerprint density at radius 2 is 1.23 bits per heavy atom. The van der Waals surface area contributed by atoms with Crippen molar-refractivity contribution in [1.29, 1.82) is 0 Å². The lowest BCUT2D eigenvalue weighted by Crippen LogP contribution is -2.51. The molecule has 2 atom stereocenters. The number of para-hydroxylation sites is 2. The molecular formula is C16H20O6. The molecule has 0 aromatic heterocycles. The molecule has 1 aromatic rings. The van der Waals surface area contributed by atoms with Crippen LogP contribution in [-0.2, 0) is 19.1 Å². The number of esters is 2. The number of ether oxygens (including phenoxy) is 4. The molecule has 0 radical (unpaired) electrons. The van der Waals surface area contributed by atoms with Gasteiger partial charge in [-0.1, -0.05) is 12.1 Å². The molecule has 0 saturated carbocycles. The molecule has 120 valence electrons. The Hall–Kier alpha value is -2.24. The summed E-state index contributed by atoms with van der Waals surface area (Å²) in [6.45, 7) is 6.88. The Morgan fingerprint density at radius 3 is 1.55 bits per heavy atom. The van der Waals surface area contributed by atoms with E-state index in [0.717, 1.165) is 0 Å². The van der Waals surface area contributed by atoms with Crippen LogP contribution in [0.15, 0.2) is 24.3 Å². The number of rotatable bonds is 4. The Bertz CT molecular complexity index is 502. The zero-order valence-corrected chi connectivity index (χ0v) is 13.1. The minimum absolute atomic E-state index is 0.324. The van der Waals surface area contributed by atoms with E-state index < -0.39 is 24.1 Å². The quantitative estimate of drug-likeness (QED) is 0.793. The summed E-state index contributed by atoms with van der Waals surface area (Å²) >= 11 is 0. The SMILES string of the molecule is CC(C)OC(=O)C1Oc2ccccc2OC1C(=O)OC(C)C. The van der Waals surface area contributed by atoms with Gasteiger partial charge in [-0.25, -0.2) is 9.59 Å². The molecule has 1 aliphatic rings. The maximum absolute atomic E-state index is 12.2. The summed E-state index contributed by atoms with van der Waals surface area (Å²) in [7, 11) is 0. The van der Waals surface area contributed by atoms with Crippen LogP contribution in [0.25, 0.3) is 0 Å². The maximum atomic E-state index is 12.2. The Morgan fingerprint density at radius 1 is 0.864 bits per heavy atom. The zero-order chi connectivity index (χ0) is 16.3. The number of hydrogen-bond donors (Lipinski definition) is 0. The fourth-order valence-corrected chi connectivity index (χ4v) is 1.98. The van der Waals surface area contributed by atoms with Crippen LogP contribution >= 0.6 is 0 Å². The second-order valence-electron chi connectivity index (χ2n) is 5.49. The Kier molecular flexibility index (Phi) is 4.90. The highest BCUT2D eigenvalue weighted by Gasteiger charge is 2.44. The highest BCUT2D eigenvalue weighted by atomic mass is 16.6. The van der Waals surface area contributed by atoms with Gasteiger partial charge in [0.15, 0.2) is 11.5 Å². The minimum atomic E-state index is -1.19. The van der Waals surface area contributed by atoms with Gasteiger partial charge in [-0.2, -0.15) is 0 Å². The first kappa shape index (κ1) is 16.1. The van der Waals surface area contributed by atoms with Crippen LogP contribution in [0.3, 0.4) is 0 Å². The molecule has 0 fully saturated rings. The van der Waals surface area contributed by atoms with Crippen molar-refractivity contribution in [1.82, 2.24) is 0 Å². The highest BCUT2D eigenvalue weighted by molar-refractivity contribution is 5.87. The molecule has 2 unspecified atom stereocenters. The predicted molar refractivity (Wildman–Crippen MR) is 77.7 cm³/mol. The van der Waals surface area contributed by atoms with Crippen LogP contribution in [0.1, 0.15) is 27.7 Å². The Labute approximate surface area is 129 Å². The zero-order valence-electron chi connectivity index (χ0n) is 13.1. The lowest BCUT2D eigenvalue weighted by Gasteiger charge is -2.31. The van der Waals surface area contributed by atoms with Crippen molar-refractivity contribution in [2.24, 2.45) is 0 Å². The summed E-state index contributed by atoms with van der Waals surface area (Å²) in [5.41, 5.74) is 0. The van der Waals surface area contributed by atoms with Crippen molar-refractivity contribution in [3.8, 4) is 11.5 Å². The highest BCUT2D eigenvalue weighted by Crippen LogP contribution is 2.34. The first-order valence-corrected chi connectivity index (χ1v) is 7.21. The molecule has 0 bridgehead atoms. The predicted octanol–water partition coefficient (Wildman–Crippen LogP) is 2.10. The van der Waals surface area contributed by atoms with E-state index in [-0.39, 0.29) is 12.2 Å². The van der Waals surface area contributed by atoms with Crippen LogP contribution in [-0.4, -0.2) is 36.4 Å². The molecule has 1 aromatic carbocycles. The van der Waals surface area contributed by atoms with E-state index in [4.69, 9.17) is 18.9 Å². The van der Waals surface area contributed by atoms with Crippen LogP contribution in [0.5, 0.6) is 11.5 Å². The molecule has 0 amide bonds. The van der Waals surface area contributed by atoms with Gasteiger partial charge in [0.2, 0.25) is 12.2 Å². The van der Waals surface area contributed by atoms with Crippen LogP contribution in [0, 0.1) is 0 Å². The molecular weight excluding hydrogens is 288 g/mol. The summed E-state index contributed by atoms with van der Waals surface area (Å²) in [5.74, 6) is -0.533. The summed E-state index contributed by atoms with van der Waals surface area (Å²) < 4.78 is 21.5. The second-order valence-corrected chi connectivity index (χ2v) is 5.49. The van der Waals surface area contributed by atoms with Crippen molar-refractivity contribution < 1.29 is 28.5 Å².